The first-order valence-corrected chi connectivity index (χ1v) is 35.6. The normalized spacial score (nSPS) is 13.7. The Labute approximate surface area is 597 Å². The van der Waals surface area contributed by atoms with Crippen molar-refractivity contribution in [2.75, 3.05) is 14.7 Å². The van der Waals surface area contributed by atoms with E-state index in [0.29, 0.717) is 101 Å². The summed E-state index contributed by atoms with van der Waals surface area (Å²) in [6.45, 7) is 75.6. The van der Waals surface area contributed by atoms with Crippen LogP contribution in [0.15, 0.2) is 72.8 Å². The highest BCUT2D eigenvalue weighted by molar-refractivity contribution is 5.85. The molecule has 0 saturated heterocycles. The highest BCUT2D eigenvalue weighted by atomic mass is 16.3. The monoisotopic (exact) mass is 1350 g/mol. The van der Waals surface area contributed by atoms with Crippen molar-refractivity contribution in [1.82, 2.24) is 15.0 Å². The highest BCUT2D eigenvalue weighted by Gasteiger charge is 2.39. The van der Waals surface area contributed by atoms with Crippen LogP contribution in [0.3, 0.4) is 0 Å². The highest BCUT2D eigenvalue weighted by Crippen LogP contribution is 2.55. The lowest BCUT2D eigenvalue weighted by Crippen LogP contribution is -2.26. The lowest BCUT2D eigenvalue weighted by Gasteiger charge is -2.36. The topological polar surface area (TPSA) is 170 Å². The van der Waals surface area contributed by atoms with Crippen molar-refractivity contribution >= 4 is 52.0 Å². The maximum atomic E-state index is 12.7. The number of phenolic OH excluding ortho intramolecular Hbond substituents is 6. The van der Waals surface area contributed by atoms with E-state index in [1.807, 2.05) is 87.5 Å². The molecule has 0 aliphatic carbocycles. The van der Waals surface area contributed by atoms with Crippen molar-refractivity contribution in [2.45, 2.75) is 314 Å². The van der Waals surface area contributed by atoms with Gasteiger partial charge in [0, 0.05) is 101 Å². The number of aromatic hydroxyl groups is 6. The summed E-state index contributed by atoms with van der Waals surface area (Å²) in [5.41, 5.74) is 4.99. The Hall–Kier alpha value is -7.47. The number of aromatic nitrogens is 3. The van der Waals surface area contributed by atoms with Crippen LogP contribution in [-0.4, -0.2) is 45.6 Å². The fraction of sp³-hybridized carbons (Fsp3) is 0.552. The molecule has 540 valence electrons. The number of benzene rings is 6. The molecule has 0 fully saturated rings. The molecule has 99 heavy (non-hydrogen) atoms. The maximum Gasteiger partial charge on any atom is 0.241 e. The summed E-state index contributed by atoms with van der Waals surface area (Å²) in [5, 5.41) is 76.3. The number of phenols is 6. The first kappa shape index (κ1) is 78.9. The van der Waals surface area contributed by atoms with Crippen LogP contribution in [0.1, 0.15) is 316 Å². The van der Waals surface area contributed by atoms with Crippen LogP contribution in [0.2, 0.25) is 0 Å². The Bertz CT molecular complexity index is 3320. The summed E-state index contributed by atoms with van der Waals surface area (Å²) in [6.07, 6.45) is 0. The zero-order chi connectivity index (χ0) is 75.9. The molecule has 0 aliphatic rings. The van der Waals surface area contributed by atoms with Gasteiger partial charge in [-0.2, -0.15) is 15.0 Å². The van der Waals surface area contributed by atoms with Gasteiger partial charge in [0.15, 0.2) is 0 Å². The predicted molar refractivity (Wildman–Crippen MR) is 418 cm³/mol. The van der Waals surface area contributed by atoms with E-state index in [0.717, 1.165) is 0 Å². The van der Waals surface area contributed by atoms with Gasteiger partial charge in [-0.3, -0.25) is 14.7 Å². The van der Waals surface area contributed by atoms with Gasteiger partial charge >= 0.3 is 0 Å². The Kier molecular flexibility index (Phi) is 20.1. The third-order valence-corrected chi connectivity index (χ3v) is 19.0. The molecule has 0 saturated carbocycles. The zero-order valence-electron chi connectivity index (χ0n) is 67.8. The molecule has 7 rings (SSSR count). The van der Waals surface area contributed by atoms with E-state index < -0.39 is 65.0 Å². The minimum atomic E-state index is -0.595. The lowest BCUT2D eigenvalue weighted by molar-refractivity contribution is 0.422. The number of hydrogen-bond acceptors (Lipinski definition) is 12. The first-order valence-electron chi connectivity index (χ1n) is 35.6. The average Bonchev–Trinajstić information content (AvgIpc) is 0.743. The molecule has 1 heterocycles. The summed E-state index contributed by atoms with van der Waals surface area (Å²) < 4.78 is 0. The molecule has 0 unspecified atom stereocenters. The third kappa shape index (κ3) is 16.3. The van der Waals surface area contributed by atoms with E-state index in [-0.39, 0.29) is 52.3 Å². The molecule has 12 nitrogen and oxygen atoms in total. The molecule has 1 aromatic heterocycles. The molecule has 0 atom stereocenters. The largest absolute Gasteiger partial charge is 0.507 e. The standard InChI is InChI=1S/C87H126N6O6/c1-76(2,3)55-37-49(38-56(67(55)94)77(4,5)6)91(50-39-57(78(7,8)9)68(95)58(40-50)79(10,11)12)73-88-74(92(51-41-59(80(13,14)15)69(96)60(42-51)81(16,17)18)52-43-61(82(19,20)21)70(97)62(44-52)83(22,23)24)90-75(89-73)93(53-45-63(84(25,26)27)71(98)64(46-53)85(28,29)30)54-47-65(86(31,32)33)72(99)66(48-54)87(34,35)36/h37-48,94-99H,1-36H3. The minimum Gasteiger partial charge on any atom is -0.507 e. The number of anilines is 9. The fourth-order valence-electron chi connectivity index (χ4n) is 13.1. The van der Waals surface area contributed by atoms with Crippen molar-refractivity contribution in [3.63, 3.8) is 0 Å². The second kappa shape index (κ2) is 25.2. The van der Waals surface area contributed by atoms with E-state index >= 15 is 0 Å². The van der Waals surface area contributed by atoms with Crippen molar-refractivity contribution in [3.05, 3.63) is 140 Å². The van der Waals surface area contributed by atoms with Gasteiger partial charge in [-0.15, -0.1) is 0 Å². The van der Waals surface area contributed by atoms with E-state index in [1.54, 1.807) is 0 Å². The van der Waals surface area contributed by atoms with Crippen LogP contribution in [0.4, 0.5) is 52.0 Å². The van der Waals surface area contributed by atoms with E-state index in [9.17, 15) is 30.6 Å². The van der Waals surface area contributed by atoms with Crippen molar-refractivity contribution < 1.29 is 30.6 Å². The summed E-state index contributed by atoms with van der Waals surface area (Å²) in [7, 11) is 0. The van der Waals surface area contributed by atoms with E-state index in [1.165, 1.54) is 0 Å². The number of hydrogen-bond donors (Lipinski definition) is 6. The molecule has 12 heteroatoms. The van der Waals surface area contributed by atoms with Gasteiger partial charge in [0.1, 0.15) is 34.5 Å². The quantitative estimate of drug-likeness (QED) is 0.0810. The number of nitrogens with zero attached hydrogens (tertiary/aromatic N) is 6. The molecular formula is C87H126N6O6. The van der Waals surface area contributed by atoms with Crippen LogP contribution < -0.4 is 14.7 Å². The van der Waals surface area contributed by atoms with Crippen molar-refractivity contribution in [3.8, 4) is 34.5 Å². The smallest absolute Gasteiger partial charge is 0.241 e. The Morgan fingerprint density at radius 3 is 0.323 bits per heavy atom. The summed E-state index contributed by atoms with van der Waals surface area (Å²) in [6, 6.07) is 24.5. The van der Waals surface area contributed by atoms with Crippen LogP contribution in [0, 0.1) is 0 Å². The van der Waals surface area contributed by atoms with Crippen LogP contribution in [0.5, 0.6) is 34.5 Å². The molecular weight excluding hydrogens is 1220 g/mol. The molecule has 0 spiro atoms. The Balaban J connectivity index is 2.00. The predicted octanol–water partition coefficient (Wildman–Crippen LogP) is 24.1. The van der Waals surface area contributed by atoms with Crippen molar-refractivity contribution in [1.29, 1.82) is 0 Å². The molecule has 7 aromatic rings. The van der Waals surface area contributed by atoms with Crippen molar-refractivity contribution in [2.24, 2.45) is 0 Å². The molecule has 6 aromatic carbocycles. The Morgan fingerprint density at radius 2 is 0.253 bits per heavy atom. The van der Waals surface area contributed by atoms with Crippen LogP contribution in [-0.2, 0) is 65.0 Å². The van der Waals surface area contributed by atoms with Gasteiger partial charge in [-0.25, -0.2) is 0 Å². The molecule has 0 aliphatic heterocycles. The van der Waals surface area contributed by atoms with Gasteiger partial charge in [-0.05, 0) is 138 Å². The first-order chi connectivity index (χ1) is 44.2. The van der Waals surface area contributed by atoms with Gasteiger partial charge in [0.2, 0.25) is 17.8 Å². The van der Waals surface area contributed by atoms with E-state index in [2.05, 4.69) is 249 Å². The maximum absolute atomic E-state index is 12.7. The van der Waals surface area contributed by atoms with Crippen LogP contribution in [0.25, 0.3) is 0 Å². The van der Waals surface area contributed by atoms with E-state index in [4.69, 9.17) is 15.0 Å². The second-order valence-corrected chi connectivity index (χ2v) is 40.6. The minimum absolute atomic E-state index is 0.161. The SMILES string of the molecule is CC(C)(C)c1cc(N(c2cc(C(C)(C)C)c(O)c(C(C)(C)C)c2)c2nc(N(c3cc(C(C)(C)C)c(O)c(C(C)(C)C)c3)c3cc(C(C)(C)C)c(O)c(C(C)(C)C)c3)nc(N(c3cc(C(C)(C)C)c(O)c(C(C)(C)C)c3)c3cc(C(C)(C)C)c(O)c(C(C)(C)C)c3)n2)cc(C(C)(C)C)c1O. The third-order valence-electron chi connectivity index (χ3n) is 19.0. The number of rotatable bonds is 9. The lowest BCUT2D eigenvalue weighted by atomic mass is 9.78. The molecule has 0 bridgehead atoms. The fourth-order valence-corrected chi connectivity index (χ4v) is 13.1. The summed E-state index contributed by atoms with van der Waals surface area (Å²) in [4.78, 5) is 24.0. The van der Waals surface area contributed by atoms with Gasteiger partial charge in [0.25, 0.3) is 0 Å². The van der Waals surface area contributed by atoms with Crippen LogP contribution >= 0.6 is 0 Å². The van der Waals surface area contributed by atoms with Gasteiger partial charge in [0.05, 0.1) is 0 Å². The molecule has 0 amide bonds. The summed E-state index contributed by atoms with van der Waals surface area (Å²) >= 11 is 0. The average molecular weight is 1350 g/mol. The summed E-state index contributed by atoms with van der Waals surface area (Å²) in [5.74, 6) is 1.60. The molecule has 6 N–H and O–H groups in total. The van der Waals surface area contributed by atoms with Gasteiger partial charge < -0.3 is 30.6 Å². The Morgan fingerprint density at radius 1 is 0.172 bits per heavy atom. The van der Waals surface area contributed by atoms with Gasteiger partial charge in [-0.1, -0.05) is 249 Å². The second-order valence-electron chi connectivity index (χ2n) is 40.6. The molecule has 0 radical (unpaired) electrons. The zero-order valence-corrected chi connectivity index (χ0v) is 67.8.